The van der Waals surface area contributed by atoms with Crippen molar-refractivity contribution in [1.82, 2.24) is 0 Å². The summed E-state index contributed by atoms with van der Waals surface area (Å²) in [7, 11) is 0.834. The van der Waals surface area contributed by atoms with E-state index in [1.165, 1.54) is 5.56 Å². The van der Waals surface area contributed by atoms with Crippen molar-refractivity contribution in [1.29, 1.82) is 0 Å². The zero-order valence-corrected chi connectivity index (χ0v) is 10.7. The van der Waals surface area contributed by atoms with E-state index in [9.17, 15) is 0 Å². The van der Waals surface area contributed by atoms with Crippen molar-refractivity contribution in [3.8, 4) is 0 Å². The molecule has 0 spiro atoms. The summed E-state index contributed by atoms with van der Waals surface area (Å²) in [4.78, 5) is 0. The van der Waals surface area contributed by atoms with E-state index >= 15 is 0 Å². The van der Waals surface area contributed by atoms with Crippen LogP contribution >= 0.6 is 0 Å². The summed E-state index contributed by atoms with van der Waals surface area (Å²) in [5, 5.41) is 0. The molecular weight excluding hydrogens is 176 g/mol. The smallest absolute Gasteiger partial charge is 0.145 e. The van der Waals surface area contributed by atoms with E-state index in [1.54, 1.807) is 0 Å². The van der Waals surface area contributed by atoms with Crippen LogP contribution in [0, 0.1) is 5.92 Å². The summed E-state index contributed by atoms with van der Waals surface area (Å²) in [6.45, 7) is 5.37. The van der Waals surface area contributed by atoms with Crippen LogP contribution in [0.2, 0.25) is 0 Å². The van der Waals surface area contributed by atoms with Crippen molar-refractivity contribution in [3.63, 3.8) is 0 Å². The molecule has 0 bridgehead atoms. The quantitative estimate of drug-likeness (QED) is 0.663. The molecule has 1 atom stereocenters. The van der Waals surface area contributed by atoms with Gasteiger partial charge in [0.2, 0.25) is 0 Å². The predicted molar refractivity (Wildman–Crippen MR) is 59.9 cm³/mol. The number of benzene rings is 1. The summed E-state index contributed by atoms with van der Waals surface area (Å²) in [6, 6.07) is 10.6. The Labute approximate surface area is 83.7 Å². The maximum Gasteiger partial charge on any atom is 0.145 e. The minimum Gasteiger partial charge on any atom is -0.427 e. The van der Waals surface area contributed by atoms with Crippen LogP contribution in [0.4, 0.5) is 0 Å². The lowest BCUT2D eigenvalue weighted by Gasteiger charge is -2.20. The monoisotopic (exact) mass is 194 g/mol. The predicted octanol–water partition coefficient (Wildman–Crippen LogP) is 1.72. The fraction of sp³-hybridized carbons (Fsp3) is 0.455. The molecule has 0 N–H and O–H groups in total. The lowest BCUT2D eigenvalue weighted by atomic mass is 9.89. The Morgan fingerprint density at radius 2 is 1.85 bits per heavy atom. The van der Waals surface area contributed by atoms with Gasteiger partial charge in [0.1, 0.15) is 10.5 Å². The van der Waals surface area contributed by atoms with Crippen molar-refractivity contribution in [3.05, 3.63) is 35.9 Å². The molecule has 0 saturated carbocycles. The lowest BCUT2D eigenvalue weighted by molar-refractivity contribution is 0.279. The number of hydrogen-bond acceptors (Lipinski definition) is 1. The van der Waals surface area contributed by atoms with Gasteiger partial charge in [0.15, 0.2) is 0 Å². The Bertz CT molecular complexity index is 233. The Balaban J connectivity index is 2.76. The number of rotatable bonds is 4. The standard InChI is InChI=1S/C11H18OSi/c1-9(2)11(8-12-13)10-6-4-3-5-7-10/h3-7,9,11H,8H2,1-2,13H3. The average Bonchev–Trinajstić information content (AvgIpc) is 2.15. The van der Waals surface area contributed by atoms with Gasteiger partial charge in [-0.3, -0.25) is 0 Å². The Kier molecular flexibility index (Phi) is 4.19. The first-order chi connectivity index (χ1) is 6.25. The lowest BCUT2D eigenvalue weighted by Crippen LogP contribution is -2.13. The molecule has 0 aliphatic carbocycles. The van der Waals surface area contributed by atoms with Crippen LogP contribution in [0.1, 0.15) is 25.3 Å². The maximum atomic E-state index is 5.36. The van der Waals surface area contributed by atoms with Crippen molar-refractivity contribution >= 4 is 10.5 Å². The molecule has 1 unspecified atom stereocenters. The third-order valence-corrected chi connectivity index (χ3v) is 2.71. The van der Waals surface area contributed by atoms with Crippen LogP contribution in [-0.2, 0) is 4.43 Å². The van der Waals surface area contributed by atoms with E-state index in [0.29, 0.717) is 11.8 Å². The largest absolute Gasteiger partial charge is 0.427 e. The minimum absolute atomic E-state index is 0.554. The van der Waals surface area contributed by atoms with Crippen molar-refractivity contribution in [2.24, 2.45) is 5.92 Å². The molecule has 72 valence electrons. The van der Waals surface area contributed by atoms with Gasteiger partial charge >= 0.3 is 0 Å². The first-order valence-electron chi connectivity index (χ1n) is 4.79. The van der Waals surface area contributed by atoms with Crippen LogP contribution < -0.4 is 0 Å². The molecule has 1 aromatic carbocycles. The van der Waals surface area contributed by atoms with Gasteiger partial charge in [-0.25, -0.2) is 0 Å². The van der Waals surface area contributed by atoms with Gasteiger partial charge in [0.25, 0.3) is 0 Å². The van der Waals surface area contributed by atoms with Crippen LogP contribution in [0.5, 0.6) is 0 Å². The second-order valence-corrected chi connectivity index (χ2v) is 4.29. The van der Waals surface area contributed by atoms with Crippen molar-refractivity contribution in [2.45, 2.75) is 19.8 Å². The highest BCUT2D eigenvalue weighted by Gasteiger charge is 2.14. The first kappa shape index (κ1) is 10.5. The van der Waals surface area contributed by atoms with Gasteiger partial charge in [0, 0.05) is 12.5 Å². The average molecular weight is 194 g/mol. The molecule has 0 aliphatic rings. The van der Waals surface area contributed by atoms with Crippen molar-refractivity contribution in [2.75, 3.05) is 6.61 Å². The summed E-state index contributed by atoms with van der Waals surface area (Å²) in [6.07, 6.45) is 0. The van der Waals surface area contributed by atoms with Crippen LogP contribution in [0.3, 0.4) is 0 Å². The van der Waals surface area contributed by atoms with Gasteiger partial charge < -0.3 is 4.43 Å². The second kappa shape index (κ2) is 5.20. The van der Waals surface area contributed by atoms with Gasteiger partial charge in [-0.05, 0) is 11.5 Å². The minimum atomic E-state index is 0.554. The van der Waals surface area contributed by atoms with E-state index in [4.69, 9.17) is 4.43 Å². The van der Waals surface area contributed by atoms with Gasteiger partial charge in [-0.15, -0.1) is 0 Å². The Morgan fingerprint density at radius 3 is 2.31 bits per heavy atom. The topological polar surface area (TPSA) is 9.23 Å². The Morgan fingerprint density at radius 1 is 1.23 bits per heavy atom. The van der Waals surface area contributed by atoms with Crippen LogP contribution in [0.15, 0.2) is 30.3 Å². The van der Waals surface area contributed by atoms with E-state index in [2.05, 4.69) is 44.2 Å². The fourth-order valence-corrected chi connectivity index (χ4v) is 1.91. The molecule has 0 saturated heterocycles. The summed E-state index contributed by atoms with van der Waals surface area (Å²) < 4.78 is 5.36. The third-order valence-electron chi connectivity index (χ3n) is 2.38. The SMILES string of the molecule is CC(C)C(CO[SiH3])c1ccccc1. The zero-order valence-electron chi connectivity index (χ0n) is 8.66. The number of hydrogen-bond donors (Lipinski definition) is 0. The fourth-order valence-electron chi connectivity index (χ4n) is 1.55. The van der Waals surface area contributed by atoms with Crippen LogP contribution in [0.25, 0.3) is 0 Å². The Hall–Kier alpha value is -0.603. The van der Waals surface area contributed by atoms with Crippen molar-refractivity contribution < 1.29 is 4.43 Å². The van der Waals surface area contributed by atoms with Gasteiger partial charge in [-0.2, -0.15) is 0 Å². The second-order valence-electron chi connectivity index (χ2n) is 3.72. The maximum absolute atomic E-state index is 5.36. The molecule has 2 heteroatoms. The molecule has 1 nitrogen and oxygen atoms in total. The van der Waals surface area contributed by atoms with E-state index < -0.39 is 0 Å². The summed E-state index contributed by atoms with van der Waals surface area (Å²) in [5.74, 6) is 1.20. The molecule has 13 heavy (non-hydrogen) atoms. The zero-order chi connectivity index (χ0) is 9.68. The molecule has 0 aliphatic heterocycles. The highest BCUT2D eigenvalue weighted by atomic mass is 28.2. The normalized spacial score (nSPS) is 13.5. The molecule has 0 fully saturated rings. The third kappa shape index (κ3) is 2.97. The molecule has 0 heterocycles. The molecule has 0 radical (unpaired) electrons. The summed E-state index contributed by atoms with van der Waals surface area (Å²) in [5.41, 5.74) is 1.40. The van der Waals surface area contributed by atoms with Gasteiger partial charge in [-0.1, -0.05) is 44.2 Å². The van der Waals surface area contributed by atoms with E-state index in [-0.39, 0.29) is 0 Å². The van der Waals surface area contributed by atoms with Gasteiger partial charge in [0.05, 0.1) is 0 Å². The molecule has 0 aromatic heterocycles. The first-order valence-corrected chi connectivity index (χ1v) is 5.61. The summed E-state index contributed by atoms with van der Waals surface area (Å²) >= 11 is 0. The molecule has 1 rings (SSSR count). The van der Waals surface area contributed by atoms with E-state index in [1.807, 2.05) is 0 Å². The molecular formula is C11H18OSi. The highest BCUT2D eigenvalue weighted by molar-refractivity contribution is 5.97. The molecule has 1 aromatic rings. The van der Waals surface area contributed by atoms with Crippen LogP contribution in [-0.4, -0.2) is 17.1 Å². The highest BCUT2D eigenvalue weighted by Crippen LogP contribution is 2.23. The van der Waals surface area contributed by atoms with E-state index in [0.717, 1.165) is 17.1 Å². The molecule has 0 amide bonds.